The van der Waals surface area contributed by atoms with Crippen molar-refractivity contribution in [1.82, 2.24) is 14.8 Å². The lowest BCUT2D eigenvalue weighted by atomic mass is 10.1. The molecule has 2 N–H and O–H groups in total. The quantitative estimate of drug-likeness (QED) is 0.751. The normalized spacial score (nSPS) is 10.6. The summed E-state index contributed by atoms with van der Waals surface area (Å²) in [5, 5.41) is 16.2. The Morgan fingerprint density at radius 3 is 2.79 bits per heavy atom. The third-order valence-electron chi connectivity index (χ3n) is 3.25. The standard InChI is InChI=1S/C16H12ClFN4O2/c1-9-6-15(22(21-9)14-4-2-3-5-19-14)20-13-8-12(18)11(17)7-10(13)16(23)24/h2-8,20H,1H3,(H,23,24). The average molecular weight is 347 g/mol. The number of aryl methyl sites for hydroxylation is 1. The molecule has 2 aromatic heterocycles. The molecule has 0 spiro atoms. The van der Waals surface area contributed by atoms with Crippen molar-refractivity contribution in [2.45, 2.75) is 6.92 Å². The van der Waals surface area contributed by atoms with E-state index in [1.54, 1.807) is 37.4 Å². The van der Waals surface area contributed by atoms with Gasteiger partial charge in [0.15, 0.2) is 5.82 Å². The van der Waals surface area contributed by atoms with Gasteiger partial charge < -0.3 is 10.4 Å². The minimum absolute atomic E-state index is 0.0708. The highest BCUT2D eigenvalue weighted by atomic mass is 35.5. The Balaban J connectivity index is 2.07. The predicted octanol–water partition coefficient (Wildman–Crippen LogP) is 3.81. The molecule has 0 aliphatic carbocycles. The number of carboxylic acids is 1. The third-order valence-corrected chi connectivity index (χ3v) is 3.54. The molecule has 0 amide bonds. The van der Waals surface area contributed by atoms with E-state index in [1.165, 1.54) is 4.68 Å². The van der Waals surface area contributed by atoms with Gasteiger partial charge in [-0.05, 0) is 31.2 Å². The van der Waals surface area contributed by atoms with E-state index in [9.17, 15) is 14.3 Å². The molecule has 0 radical (unpaired) electrons. The van der Waals surface area contributed by atoms with Crippen molar-refractivity contribution in [1.29, 1.82) is 0 Å². The number of halogens is 2. The zero-order valence-corrected chi connectivity index (χ0v) is 13.3. The van der Waals surface area contributed by atoms with Crippen LogP contribution in [0.3, 0.4) is 0 Å². The van der Waals surface area contributed by atoms with E-state index in [2.05, 4.69) is 15.4 Å². The highest BCUT2D eigenvalue weighted by molar-refractivity contribution is 6.31. The molecule has 8 heteroatoms. The van der Waals surface area contributed by atoms with Crippen molar-refractivity contribution in [3.05, 3.63) is 64.7 Å². The van der Waals surface area contributed by atoms with Gasteiger partial charge in [-0.3, -0.25) is 0 Å². The number of anilines is 2. The Morgan fingerprint density at radius 1 is 1.33 bits per heavy atom. The molecule has 24 heavy (non-hydrogen) atoms. The van der Waals surface area contributed by atoms with Crippen molar-refractivity contribution >= 4 is 29.1 Å². The van der Waals surface area contributed by atoms with E-state index < -0.39 is 11.8 Å². The van der Waals surface area contributed by atoms with E-state index in [1.807, 2.05) is 0 Å². The largest absolute Gasteiger partial charge is 0.478 e. The molecule has 1 aromatic carbocycles. The third kappa shape index (κ3) is 3.07. The fraction of sp³-hybridized carbons (Fsp3) is 0.0625. The molecule has 0 bridgehead atoms. The topological polar surface area (TPSA) is 80.0 Å². The molecule has 6 nitrogen and oxygen atoms in total. The first-order valence-corrected chi connectivity index (χ1v) is 7.31. The molecular formula is C16H12ClFN4O2. The zero-order valence-electron chi connectivity index (χ0n) is 12.5. The molecular weight excluding hydrogens is 335 g/mol. The van der Waals surface area contributed by atoms with Gasteiger partial charge in [0.1, 0.15) is 11.6 Å². The molecule has 0 unspecified atom stereocenters. The van der Waals surface area contributed by atoms with E-state index in [4.69, 9.17) is 11.6 Å². The molecule has 0 saturated carbocycles. The second-order valence-electron chi connectivity index (χ2n) is 5.01. The molecule has 3 aromatic rings. The number of carbonyl (C=O) groups is 1. The summed E-state index contributed by atoms with van der Waals surface area (Å²) in [6.07, 6.45) is 1.61. The summed E-state index contributed by atoms with van der Waals surface area (Å²) in [6, 6.07) is 9.12. The predicted molar refractivity (Wildman–Crippen MR) is 87.7 cm³/mol. The summed E-state index contributed by atoms with van der Waals surface area (Å²) >= 11 is 5.67. The number of hydrogen-bond acceptors (Lipinski definition) is 4. The van der Waals surface area contributed by atoms with Crippen LogP contribution >= 0.6 is 11.6 Å². The summed E-state index contributed by atoms with van der Waals surface area (Å²) in [5.74, 6) is -0.945. The summed E-state index contributed by atoms with van der Waals surface area (Å²) in [4.78, 5) is 15.6. The van der Waals surface area contributed by atoms with Crippen LogP contribution in [0.25, 0.3) is 5.82 Å². The maximum atomic E-state index is 13.8. The summed E-state index contributed by atoms with van der Waals surface area (Å²) < 4.78 is 15.3. The summed E-state index contributed by atoms with van der Waals surface area (Å²) in [5.41, 5.74) is 0.615. The lowest BCUT2D eigenvalue weighted by Crippen LogP contribution is -2.08. The molecule has 0 atom stereocenters. The van der Waals surface area contributed by atoms with Gasteiger partial charge in [0.2, 0.25) is 0 Å². The van der Waals surface area contributed by atoms with Crippen LogP contribution in [-0.2, 0) is 0 Å². The van der Waals surface area contributed by atoms with Crippen LogP contribution in [0.15, 0.2) is 42.6 Å². The number of nitrogens with one attached hydrogen (secondary N) is 1. The van der Waals surface area contributed by atoms with Gasteiger partial charge in [-0.25, -0.2) is 14.2 Å². The number of carboxylic acid groups (broad SMARTS) is 1. The van der Waals surface area contributed by atoms with Crippen molar-refractivity contribution in [2.75, 3.05) is 5.32 Å². The van der Waals surface area contributed by atoms with Crippen LogP contribution < -0.4 is 5.32 Å². The zero-order chi connectivity index (χ0) is 17.3. The number of aromatic carboxylic acids is 1. The average Bonchev–Trinajstić information content (AvgIpc) is 2.92. The highest BCUT2D eigenvalue weighted by Crippen LogP contribution is 2.28. The van der Waals surface area contributed by atoms with Crippen molar-refractivity contribution in [3.63, 3.8) is 0 Å². The molecule has 0 aliphatic heterocycles. The second kappa shape index (κ2) is 6.29. The van der Waals surface area contributed by atoms with Crippen LogP contribution in [0, 0.1) is 12.7 Å². The number of hydrogen-bond donors (Lipinski definition) is 2. The fourth-order valence-electron chi connectivity index (χ4n) is 2.21. The fourth-order valence-corrected chi connectivity index (χ4v) is 2.37. The van der Waals surface area contributed by atoms with Crippen LogP contribution in [0.1, 0.15) is 16.1 Å². The first kappa shape index (κ1) is 15.9. The van der Waals surface area contributed by atoms with E-state index in [-0.39, 0.29) is 16.3 Å². The minimum atomic E-state index is -1.22. The lowest BCUT2D eigenvalue weighted by molar-refractivity contribution is 0.0698. The van der Waals surface area contributed by atoms with E-state index >= 15 is 0 Å². The summed E-state index contributed by atoms with van der Waals surface area (Å²) in [6.45, 7) is 1.78. The SMILES string of the molecule is Cc1cc(Nc2cc(F)c(Cl)cc2C(=O)O)n(-c2ccccn2)n1. The Hall–Kier alpha value is -2.93. The van der Waals surface area contributed by atoms with Crippen LogP contribution in [0.5, 0.6) is 0 Å². The van der Waals surface area contributed by atoms with Crippen molar-refractivity contribution < 1.29 is 14.3 Å². The van der Waals surface area contributed by atoms with Crippen molar-refractivity contribution in [2.24, 2.45) is 0 Å². The first-order valence-electron chi connectivity index (χ1n) is 6.93. The molecule has 0 saturated heterocycles. The highest BCUT2D eigenvalue weighted by Gasteiger charge is 2.17. The van der Waals surface area contributed by atoms with E-state index in [0.29, 0.717) is 17.3 Å². The van der Waals surface area contributed by atoms with E-state index in [0.717, 1.165) is 12.1 Å². The molecule has 0 aliphatic rings. The monoisotopic (exact) mass is 346 g/mol. The Bertz CT molecular complexity index is 912. The maximum Gasteiger partial charge on any atom is 0.337 e. The van der Waals surface area contributed by atoms with Crippen LogP contribution in [-0.4, -0.2) is 25.8 Å². The molecule has 2 heterocycles. The number of benzene rings is 1. The lowest BCUT2D eigenvalue weighted by Gasteiger charge is -2.12. The molecule has 0 fully saturated rings. The number of rotatable bonds is 4. The van der Waals surface area contributed by atoms with Gasteiger partial charge in [0.05, 0.1) is 22.0 Å². The smallest absolute Gasteiger partial charge is 0.337 e. The van der Waals surface area contributed by atoms with Crippen LogP contribution in [0.4, 0.5) is 15.9 Å². The second-order valence-corrected chi connectivity index (χ2v) is 5.42. The van der Waals surface area contributed by atoms with Crippen LogP contribution in [0.2, 0.25) is 5.02 Å². The van der Waals surface area contributed by atoms with Gasteiger partial charge >= 0.3 is 5.97 Å². The Morgan fingerprint density at radius 2 is 2.12 bits per heavy atom. The minimum Gasteiger partial charge on any atom is -0.478 e. The van der Waals surface area contributed by atoms with Gasteiger partial charge in [0.25, 0.3) is 0 Å². The maximum absolute atomic E-state index is 13.8. The number of pyridine rings is 1. The summed E-state index contributed by atoms with van der Waals surface area (Å²) in [7, 11) is 0. The number of nitrogens with zero attached hydrogens (tertiary/aromatic N) is 3. The van der Waals surface area contributed by atoms with Crippen molar-refractivity contribution in [3.8, 4) is 5.82 Å². The Kier molecular flexibility index (Phi) is 4.18. The first-order chi connectivity index (χ1) is 11.5. The molecule has 3 rings (SSSR count). The van der Waals surface area contributed by atoms with Gasteiger partial charge in [-0.2, -0.15) is 9.78 Å². The number of aromatic nitrogens is 3. The van der Waals surface area contributed by atoms with Gasteiger partial charge in [-0.1, -0.05) is 17.7 Å². The van der Waals surface area contributed by atoms with Gasteiger partial charge in [-0.15, -0.1) is 0 Å². The Labute approximate surface area is 141 Å². The van der Waals surface area contributed by atoms with Gasteiger partial charge in [0, 0.05) is 12.3 Å². The molecule has 122 valence electrons.